The number of halogens is 7. The van der Waals surface area contributed by atoms with Gasteiger partial charge in [-0.05, 0) is 6.42 Å². The highest BCUT2D eigenvalue weighted by atomic mass is 19.4. The van der Waals surface area contributed by atoms with E-state index in [9.17, 15) is 30.7 Å². The Labute approximate surface area is 86.9 Å². The minimum atomic E-state index is -6.19. The van der Waals surface area contributed by atoms with E-state index in [1.54, 1.807) is 6.92 Å². The van der Waals surface area contributed by atoms with E-state index in [1.807, 2.05) is 0 Å². The molecule has 0 saturated heterocycles. The van der Waals surface area contributed by atoms with E-state index in [4.69, 9.17) is 0 Å². The Kier molecular flexibility index (Phi) is 5.08. The summed E-state index contributed by atoms with van der Waals surface area (Å²) in [4.78, 5) is 0. The molecule has 16 heavy (non-hydrogen) atoms. The molecule has 0 atom stereocenters. The predicted molar refractivity (Wildman–Crippen MR) is 41.1 cm³/mol. The van der Waals surface area contributed by atoms with Crippen LogP contribution in [0.25, 0.3) is 0 Å². The van der Waals surface area contributed by atoms with Crippen molar-refractivity contribution in [2.45, 2.75) is 31.9 Å². The molecule has 0 saturated carbocycles. The van der Waals surface area contributed by atoms with Gasteiger partial charge in [0.2, 0.25) is 0 Å². The molecule has 96 valence electrons. The Morgan fingerprint density at radius 3 is 1.94 bits per heavy atom. The Hall–Kier alpha value is -0.950. The zero-order chi connectivity index (χ0) is 13.0. The predicted octanol–water partition coefficient (Wildman–Crippen LogP) is 4.11. The molecule has 0 aromatic rings. The van der Waals surface area contributed by atoms with Crippen LogP contribution in [0.4, 0.5) is 30.7 Å². The van der Waals surface area contributed by atoms with Crippen LogP contribution in [0.1, 0.15) is 19.8 Å². The van der Waals surface area contributed by atoms with Crippen LogP contribution in [0.2, 0.25) is 0 Å². The maximum Gasteiger partial charge on any atom is 0.460 e. The summed E-state index contributed by atoms with van der Waals surface area (Å²) < 4.78 is 87.8. The molecular weight excluding hydrogens is 245 g/mol. The Bertz CT molecular complexity index is 256. The van der Waals surface area contributed by atoms with Crippen molar-refractivity contribution < 1.29 is 35.5 Å². The van der Waals surface area contributed by atoms with Crippen LogP contribution in [-0.2, 0) is 4.74 Å². The van der Waals surface area contributed by atoms with Crippen LogP contribution in [0.15, 0.2) is 11.8 Å². The summed E-state index contributed by atoms with van der Waals surface area (Å²) >= 11 is 0. The monoisotopic (exact) mass is 254 g/mol. The molecule has 0 aliphatic carbocycles. The molecule has 0 bridgehead atoms. The Morgan fingerprint density at radius 1 is 1.06 bits per heavy atom. The minimum absolute atomic E-state index is 0.207. The van der Waals surface area contributed by atoms with Gasteiger partial charge in [-0.3, -0.25) is 0 Å². The lowest BCUT2D eigenvalue weighted by atomic mass is 10.3. The third-order valence-corrected chi connectivity index (χ3v) is 1.53. The van der Waals surface area contributed by atoms with Crippen molar-refractivity contribution in [3.05, 3.63) is 11.8 Å². The fourth-order valence-electron chi connectivity index (χ4n) is 0.617. The number of alkyl halides is 5. The molecule has 0 spiro atoms. The van der Waals surface area contributed by atoms with E-state index in [0.717, 1.165) is 0 Å². The molecule has 0 rings (SSSR count). The summed E-state index contributed by atoms with van der Waals surface area (Å²) in [6, 6.07) is -2.53. The van der Waals surface area contributed by atoms with Gasteiger partial charge in [-0.25, -0.2) is 0 Å². The number of allylic oxidation sites excluding steroid dienone is 1. The van der Waals surface area contributed by atoms with Crippen molar-refractivity contribution in [3.8, 4) is 0 Å². The molecule has 8 heteroatoms. The molecule has 0 radical (unpaired) electrons. The molecule has 0 heterocycles. The van der Waals surface area contributed by atoms with Gasteiger partial charge in [-0.1, -0.05) is 13.3 Å². The number of hydrogen-bond donors (Lipinski definition) is 0. The second-order valence-electron chi connectivity index (χ2n) is 2.86. The van der Waals surface area contributed by atoms with E-state index < -0.39 is 30.5 Å². The lowest BCUT2D eigenvalue weighted by Crippen LogP contribution is -2.37. The largest absolute Gasteiger partial charge is 0.469 e. The maximum absolute atomic E-state index is 12.4. The molecule has 0 fully saturated rings. The smallest absolute Gasteiger partial charge is 0.460 e. The second-order valence-corrected chi connectivity index (χ2v) is 2.86. The summed E-state index contributed by atoms with van der Waals surface area (Å²) in [5, 5.41) is 0. The number of unbranched alkanes of at least 4 members (excludes halogenated alkanes) is 1. The fraction of sp³-hybridized carbons (Fsp3) is 0.750. The average molecular weight is 254 g/mol. The summed E-state index contributed by atoms with van der Waals surface area (Å²) in [6.07, 6.45) is -5.49. The first-order valence-corrected chi connectivity index (χ1v) is 4.27. The van der Waals surface area contributed by atoms with Crippen molar-refractivity contribution in [3.63, 3.8) is 0 Å². The normalized spacial score (nSPS) is 14.8. The molecule has 0 N–H and O–H groups in total. The highest BCUT2D eigenvalue weighted by Gasteiger charge is 2.63. The number of rotatable bonds is 5. The standard InChI is InChI=1S/C8H9F7O/c1-2-3-4-16-6(10)5(9)7(11,12)8(13,14)15/h2-4H2,1H3. The molecular formula is C8H9F7O. The molecule has 0 amide bonds. The Balaban J connectivity index is 4.73. The molecule has 0 aromatic carbocycles. The lowest BCUT2D eigenvalue weighted by molar-refractivity contribution is -0.272. The van der Waals surface area contributed by atoms with Crippen molar-refractivity contribution in [2.24, 2.45) is 0 Å². The van der Waals surface area contributed by atoms with Gasteiger partial charge < -0.3 is 4.74 Å². The maximum atomic E-state index is 12.4. The summed E-state index contributed by atoms with van der Waals surface area (Å²) in [6.45, 7) is 1.18. The van der Waals surface area contributed by atoms with E-state index in [1.165, 1.54) is 0 Å². The fourth-order valence-corrected chi connectivity index (χ4v) is 0.617. The molecule has 0 unspecified atom stereocenters. The lowest BCUT2D eigenvalue weighted by Gasteiger charge is -2.17. The first-order chi connectivity index (χ1) is 7.14. The van der Waals surface area contributed by atoms with Crippen LogP contribution in [0.3, 0.4) is 0 Å². The molecule has 0 aliphatic heterocycles. The first kappa shape index (κ1) is 15.0. The summed E-state index contributed by atoms with van der Waals surface area (Å²) in [7, 11) is 0. The number of hydrogen-bond acceptors (Lipinski definition) is 1. The van der Waals surface area contributed by atoms with Crippen molar-refractivity contribution in [1.29, 1.82) is 0 Å². The molecule has 0 aromatic heterocycles. The van der Waals surface area contributed by atoms with Gasteiger partial charge in [-0.2, -0.15) is 30.7 Å². The Morgan fingerprint density at radius 2 is 1.56 bits per heavy atom. The van der Waals surface area contributed by atoms with Crippen LogP contribution in [-0.4, -0.2) is 18.7 Å². The average Bonchev–Trinajstić information content (AvgIpc) is 2.15. The van der Waals surface area contributed by atoms with Gasteiger partial charge in [0.1, 0.15) is 0 Å². The quantitative estimate of drug-likeness (QED) is 0.407. The van der Waals surface area contributed by atoms with Crippen molar-refractivity contribution in [1.82, 2.24) is 0 Å². The first-order valence-electron chi connectivity index (χ1n) is 4.27. The van der Waals surface area contributed by atoms with Crippen LogP contribution >= 0.6 is 0 Å². The van der Waals surface area contributed by atoms with Gasteiger partial charge in [0.05, 0.1) is 6.61 Å². The third kappa shape index (κ3) is 3.57. The van der Waals surface area contributed by atoms with E-state index in [-0.39, 0.29) is 6.42 Å². The van der Waals surface area contributed by atoms with E-state index in [0.29, 0.717) is 6.42 Å². The van der Waals surface area contributed by atoms with Crippen molar-refractivity contribution in [2.75, 3.05) is 6.61 Å². The zero-order valence-electron chi connectivity index (χ0n) is 8.18. The van der Waals surface area contributed by atoms with Gasteiger partial charge >= 0.3 is 18.1 Å². The molecule has 0 aliphatic rings. The van der Waals surface area contributed by atoms with Gasteiger partial charge in [-0.15, -0.1) is 0 Å². The minimum Gasteiger partial charge on any atom is -0.469 e. The van der Waals surface area contributed by atoms with Gasteiger partial charge in [0, 0.05) is 0 Å². The zero-order valence-corrected chi connectivity index (χ0v) is 8.18. The van der Waals surface area contributed by atoms with Gasteiger partial charge in [0.25, 0.3) is 5.83 Å². The second kappa shape index (κ2) is 5.40. The highest BCUT2D eigenvalue weighted by molar-refractivity contribution is 5.08. The van der Waals surface area contributed by atoms with E-state index in [2.05, 4.69) is 4.74 Å². The summed E-state index contributed by atoms with van der Waals surface area (Å²) in [5.41, 5.74) is 0. The number of ether oxygens (including phenoxy) is 1. The van der Waals surface area contributed by atoms with Crippen molar-refractivity contribution >= 4 is 0 Å². The third-order valence-electron chi connectivity index (χ3n) is 1.53. The van der Waals surface area contributed by atoms with Crippen LogP contribution in [0, 0.1) is 0 Å². The van der Waals surface area contributed by atoms with Crippen LogP contribution < -0.4 is 0 Å². The van der Waals surface area contributed by atoms with Crippen LogP contribution in [0.5, 0.6) is 0 Å². The van der Waals surface area contributed by atoms with E-state index >= 15 is 0 Å². The topological polar surface area (TPSA) is 9.23 Å². The summed E-state index contributed by atoms with van der Waals surface area (Å²) in [5.74, 6) is -9.13. The SMILES string of the molecule is CCCCOC(F)=C(F)C(F)(F)C(F)(F)F. The molecule has 1 nitrogen and oxygen atoms in total. The van der Waals surface area contributed by atoms with Gasteiger partial charge in [0.15, 0.2) is 0 Å². The highest BCUT2D eigenvalue weighted by Crippen LogP contribution is 2.43.